The van der Waals surface area contributed by atoms with Crippen LogP contribution < -0.4 is 11.1 Å². The highest BCUT2D eigenvalue weighted by Gasteiger charge is 2.19. The standard InChI is InChI=1S/C22H22ClN7S/c1-12-7-16(10-18(23)13(12)2)30-22(27-28-29-30)17-8-15(11-26-21(17)24)20-9-14-3-5-25-6-4-19(14)31-20/h7-11,25H,3-6H2,1-2H3,(H2,24,26). The van der Waals surface area contributed by atoms with Gasteiger partial charge in [-0.1, -0.05) is 11.6 Å². The first-order valence-electron chi connectivity index (χ1n) is 10.2. The van der Waals surface area contributed by atoms with Gasteiger partial charge in [0.2, 0.25) is 0 Å². The highest BCUT2D eigenvalue weighted by atomic mass is 35.5. The molecule has 0 unspecified atom stereocenters. The Labute approximate surface area is 189 Å². The summed E-state index contributed by atoms with van der Waals surface area (Å²) in [5.41, 5.74) is 12.3. The lowest BCUT2D eigenvalue weighted by atomic mass is 10.1. The highest BCUT2D eigenvalue weighted by Crippen LogP contribution is 2.36. The molecule has 0 bridgehead atoms. The Morgan fingerprint density at radius 1 is 1.13 bits per heavy atom. The summed E-state index contributed by atoms with van der Waals surface area (Å²) in [4.78, 5) is 7.08. The fraction of sp³-hybridized carbons (Fsp3) is 0.273. The maximum Gasteiger partial charge on any atom is 0.190 e. The van der Waals surface area contributed by atoms with Crippen molar-refractivity contribution < 1.29 is 0 Å². The van der Waals surface area contributed by atoms with Gasteiger partial charge in [-0.2, -0.15) is 4.68 Å². The second-order valence-electron chi connectivity index (χ2n) is 7.75. The number of halogens is 1. The molecule has 9 heteroatoms. The van der Waals surface area contributed by atoms with Crippen molar-refractivity contribution in [3.05, 3.63) is 57.1 Å². The predicted octanol–water partition coefficient (Wildman–Crippen LogP) is 3.99. The van der Waals surface area contributed by atoms with Crippen LogP contribution in [0.3, 0.4) is 0 Å². The third-order valence-electron chi connectivity index (χ3n) is 5.74. The predicted molar refractivity (Wildman–Crippen MR) is 125 cm³/mol. The molecule has 5 rings (SSSR count). The lowest BCUT2D eigenvalue weighted by Gasteiger charge is -2.11. The molecule has 3 aromatic heterocycles. The van der Waals surface area contributed by atoms with E-state index in [1.807, 2.05) is 49.6 Å². The summed E-state index contributed by atoms with van der Waals surface area (Å²) in [6, 6.07) is 8.17. The molecule has 7 nitrogen and oxygen atoms in total. The van der Waals surface area contributed by atoms with Crippen LogP contribution in [-0.2, 0) is 12.8 Å². The number of nitrogens with zero attached hydrogens (tertiary/aromatic N) is 5. The molecule has 1 aliphatic heterocycles. The zero-order chi connectivity index (χ0) is 21.5. The van der Waals surface area contributed by atoms with E-state index in [1.54, 1.807) is 4.68 Å². The maximum atomic E-state index is 6.41. The first-order chi connectivity index (χ1) is 15.0. The normalized spacial score (nSPS) is 13.8. The Kier molecular flexibility index (Phi) is 5.21. The van der Waals surface area contributed by atoms with Crippen LogP contribution >= 0.6 is 22.9 Å². The number of rotatable bonds is 3. The van der Waals surface area contributed by atoms with Crippen LogP contribution in [0.15, 0.2) is 30.5 Å². The molecule has 3 N–H and O–H groups in total. The lowest BCUT2D eigenvalue weighted by molar-refractivity contribution is 0.712. The van der Waals surface area contributed by atoms with Crippen molar-refractivity contribution in [2.24, 2.45) is 0 Å². The van der Waals surface area contributed by atoms with E-state index in [0.717, 1.165) is 48.3 Å². The molecule has 0 fully saturated rings. The van der Waals surface area contributed by atoms with Gasteiger partial charge >= 0.3 is 0 Å². The average molecular weight is 452 g/mol. The van der Waals surface area contributed by atoms with Gasteiger partial charge in [0.05, 0.1) is 11.3 Å². The van der Waals surface area contributed by atoms with E-state index in [1.165, 1.54) is 15.3 Å². The van der Waals surface area contributed by atoms with E-state index in [4.69, 9.17) is 17.3 Å². The summed E-state index contributed by atoms with van der Waals surface area (Å²) >= 11 is 8.23. The largest absolute Gasteiger partial charge is 0.383 e. The summed E-state index contributed by atoms with van der Waals surface area (Å²) in [6.45, 7) is 6.04. The number of pyridine rings is 1. The number of aromatic nitrogens is 5. The van der Waals surface area contributed by atoms with Gasteiger partial charge in [0.25, 0.3) is 0 Å². The second-order valence-corrected chi connectivity index (χ2v) is 9.29. The Balaban J connectivity index is 1.58. The van der Waals surface area contributed by atoms with Crippen molar-refractivity contribution in [1.29, 1.82) is 0 Å². The molecular weight excluding hydrogens is 430 g/mol. The number of hydrogen-bond acceptors (Lipinski definition) is 7. The van der Waals surface area contributed by atoms with Crippen LogP contribution in [0.25, 0.3) is 27.5 Å². The smallest absolute Gasteiger partial charge is 0.190 e. The molecule has 31 heavy (non-hydrogen) atoms. The minimum atomic E-state index is 0.386. The first kappa shape index (κ1) is 20.1. The van der Waals surface area contributed by atoms with Gasteiger partial charge in [0, 0.05) is 26.5 Å². The van der Waals surface area contributed by atoms with Crippen molar-refractivity contribution in [1.82, 2.24) is 30.5 Å². The van der Waals surface area contributed by atoms with Crippen LogP contribution in [-0.4, -0.2) is 38.3 Å². The molecule has 4 heterocycles. The molecular formula is C22H22ClN7S. The zero-order valence-electron chi connectivity index (χ0n) is 17.3. The number of tetrazole rings is 1. The van der Waals surface area contributed by atoms with Gasteiger partial charge in [-0.05, 0) is 91.2 Å². The first-order valence-corrected chi connectivity index (χ1v) is 11.3. The number of benzene rings is 1. The number of nitrogens with one attached hydrogen (secondary N) is 1. The Hall–Kier alpha value is -2.81. The van der Waals surface area contributed by atoms with Gasteiger partial charge in [-0.3, -0.25) is 0 Å². The van der Waals surface area contributed by atoms with Gasteiger partial charge < -0.3 is 11.1 Å². The van der Waals surface area contributed by atoms with Gasteiger partial charge in [0.1, 0.15) is 5.82 Å². The van der Waals surface area contributed by atoms with E-state index in [0.29, 0.717) is 22.2 Å². The van der Waals surface area contributed by atoms with E-state index < -0.39 is 0 Å². The van der Waals surface area contributed by atoms with Crippen LogP contribution in [0, 0.1) is 13.8 Å². The molecule has 0 aliphatic carbocycles. The molecule has 158 valence electrons. The van der Waals surface area contributed by atoms with E-state index in [9.17, 15) is 0 Å². The van der Waals surface area contributed by atoms with Crippen LogP contribution in [0.2, 0.25) is 5.02 Å². The summed E-state index contributed by atoms with van der Waals surface area (Å²) in [5, 5.41) is 16.5. The maximum absolute atomic E-state index is 6.41. The van der Waals surface area contributed by atoms with Gasteiger partial charge in [-0.25, -0.2) is 4.98 Å². The minimum Gasteiger partial charge on any atom is -0.383 e. The fourth-order valence-electron chi connectivity index (χ4n) is 3.82. The Morgan fingerprint density at radius 3 is 2.81 bits per heavy atom. The molecule has 4 aromatic rings. The van der Waals surface area contributed by atoms with Crippen LogP contribution in [0.4, 0.5) is 5.82 Å². The van der Waals surface area contributed by atoms with Gasteiger partial charge in [-0.15, -0.1) is 16.4 Å². The third kappa shape index (κ3) is 3.71. The number of thiophene rings is 1. The fourth-order valence-corrected chi connectivity index (χ4v) is 5.27. The Morgan fingerprint density at radius 2 is 1.97 bits per heavy atom. The molecule has 0 amide bonds. The summed E-state index contributed by atoms with van der Waals surface area (Å²) in [7, 11) is 0. The van der Waals surface area contributed by atoms with Crippen molar-refractivity contribution in [3.8, 4) is 27.5 Å². The number of anilines is 1. The van der Waals surface area contributed by atoms with Crippen molar-refractivity contribution in [3.63, 3.8) is 0 Å². The molecule has 0 saturated heterocycles. The number of nitrogens with two attached hydrogens (primary N) is 1. The van der Waals surface area contributed by atoms with Crippen LogP contribution in [0.1, 0.15) is 21.6 Å². The third-order valence-corrected chi connectivity index (χ3v) is 7.42. The monoisotopic (exact) mass is 451 g/mol. The minimum absolute atomic E-state index is 0.386. The second kappa shape index (κ2) is 8.03. The van der Waals surface area contributed by atoms with Crippen molar-refractivity contribution in [2.45, 2.75) is 26.7 Å². The lowest BCUT2D eigenvalue weighted by Crippen LogP contribution is -2.16. The number of hydrogen-bond donors (Lipinski definition) is 2. The van der Waals surface area contributed by atoms with E-state index >= 15 is 0 Å². The zero-order valence-corrected chi connectivity index (χ0v) is 18.9. The molecule has 0 radical (unpaired) electrons. The SMILES string of the molecule is Cc1cc(-n2nnnc2-c2cc(-c3cc4c(s3)CCNCC4)cnc2N)cc(Cl)c1C. The summed E-state index contributed by atoms with van der Waals surface area (Å²) in [5.74, 6) is 0.922. The molecule has 0 spiro atoms. The Bertz CT molecular complexity index is 1230. The topological polar surface area (TPSA) is 94.5 Å². The number of aryl methyl sites for hydroxylation is 1. The molecule has 0 atom stereocenters. The van der Waals surface area contributed by atoms with Crippen molar-refractivity contribution in [2.75, 3.05) is 18.8 Å². The molecule has 1 aromatic carbocycles. The van der Waals surface area contributed by atoms with Crippen LogP contribution in [0.5, 0.6) is 0 Å². The van der Waals surface area contributed by atoms with Crippen molar-refractivity contribution >= 4 is 28.8 Å². The number of fused-ring (bicyclic) bond motifs is 1. The number of nitrogen functional groups attached to an aromatic ring is 1. The summed E-state index contributed by atoms with van der Waals surface area (Å²) < 4.78 is 1.66. The highest BCUT2D eigenvalue weighted by molar-refractivity contribution is 7.15. The average Bonchev–Trinajstić information content (AvgIpc) is 3.34. The molecule has 1 aliphatic rings. The molecule has 0 saturated carbocycles. The van der Waals surface area contributed by atoms with E-state index in [2.05, 4.69) is 31.9 Å². The van der Waals surface area contributed by atoms with E-state index in [-0.39, 0.29) is 0 Å². The quantitative estimate of drug-likeness (QED) is 0.489. The van der Waals surface area contributed by atoms with Gasteiger partial charge in [0.15, 0.2) is 5.82 Å². The summed E-state index contributed by atoms with van der Waals surface area (Å²) in [6.07, 6.45) is 3.93.